The first-order valence-corrected chi connectivity index (χ1v) is 10.4. The van der Waals surface area contributed by atoms with Gasteiger partial charge in [-0.25, -0.2) is 4.79 Å². The zero-order valence-electron chi connectivity index (χ0n) is 16.4. The maximum absolute atomic E-state index is 12.2. The van der Waals surface area contributed by atoms with Crippen LogP contribution < -0.4 is 5.32 Å². The second kappa shape index (κ2) is 8.73. The molecule has 4 rings (SSSR count). The molecular weight excluding hydrogens is 406 g/mol. The van der Waals surface area contributed by atoms with E-state index in [1.807, 2.05) is 0 Å². The predicted molar refractivity (Wildman–Crippen MR) is 110 cm³/mol. The smallest absolute Gasteiger partial charge is 0.410 e. The first kappa shape index (κ1) is 20.2. The molecule has 3 heterocycles. The van der Waals surface area contributed by atoms with Gasteiger partial charge in [0.2, 0.25) is 5.91 Å². The lowest BCUT2D eigenvalue weighted by Gasteiger charge is -2.38. The van der Waals surface area contributed by atoms with E-state index in [-0.39, 0.29) is 24.2 Å². The van der Waals surface area contributed by atoms with Crippen molar-refractivity contribution in [3.8, 4) is 6.07 Å². The summed E-state index contributed by atoms with van der Waals surface area (Å²) >= 11 is 1.37. The molecule has 0 spiro atoms. The third kappa shape index (κ3) is 4.25. The molecule has 1 fully saturated rings. The molecule has 8 nitrogen and oxygen atoms in total. The first-order chi connectivity index (χ1) is 14.6. The van der Waals surface area contributed by atoms with Crippen LogP contribution in [0.4, 0.5) is 9.80 Å². The summed E-state index contributed by atoms with van der Waals surface area (Å²) < 4.78 is 15.8. The second-order valence-electron chi connectivity index (χ2n) is 7.21. The molecule has 156 valence electrons. The molecule has 0 radical (unpaired) electrons. The average Bonchev–Trinajstić information content (AvgIpc) is 3.32. The highest BCUT2D eigenvalue weighted by atomic mass is 32.1. The number of carbonyl (C=O) groups excluding carboxylic acids is 2. The van der Waals surface area contributed by atoms with Crippen molar-refractivity contribution >= 4 is 34.4 Å². The maximum atomic E-state index is 12.2. The molecule has 1 aliphatic heterocycles. The van der Waals surface area contributed by atoms with E-state index in [1.165, 1.54) is 29.9 Å². The van der Waals surface area contributed by atoms with Gasteiger partial charge in [-0.1, -0.05) is 0 Å². The maximum Gasteiger partial charge on any atom is 0.410 e. The highest BCUT2D eigenvalue weighted by molar-refractivity contribution is 7.16. The number of amides is 2. The van der Waals surface area contributed by atoms with E-state index in [9.17, 15) is 14.9 Å². The Labute approximate surface area is 177 Å². The van der Waals surface area contributed by atoms with Gasteiger partial charge >= 0.3 is 6.09 Å². The summed E-state index contributed by atoms with van der Waals surface area (Å²) in [6, 6.07) is 3.95. The Morgan fingerprint density at radius 2 is 2.23 bits per heavy atom. The van der Waals surface area contributed by atoms with E-state index in [0.717, 1.165) is 16.0 Å². The number of hydrogen-bond acceptors (Lipinski definition) is 7. The molecule has 0 saturated carbocycles. The molecule has 1 saturated heterocycles. The SMILES string of the molecule is COC1CN(C(=O)OC2CCc3c(sc(NC(=O)/C=C/c4ccoc4)c3C#N)C2)C1. The number of anilines is 1. The van der Waals surface area contributed by atoms with Crippen molar-refractivity contribution in [3.05, 3.63) is 46.2 Å². The van der Waals surface area contributed by atoms with Crippen molar-refractivity contribution in [3.63, 3.8) is 0 Å². The lowest BCUT2D eigenvalue weighted by Crippen LogP contribution is -2.55. The van der Waals surface area contributed by atoms with Gasteiger partial charge in [0.1, 0.15) is 17.2 Å². The number of methoxy groups -OCH3 is 1. The number of carbonyl (C=O) groups is 2. The number of nitrogens with zero attached hydrogens (tertiary/aromatic N) is 2. The van der Waals surface area contributed by atoms with Gasteiger partial charge in [-0.15, -0.1) is 11.3 Å². The van der Waals surface area contributed by atoms with Crippen LogP contribution in [0.2, 0.25) is 0 Å². The Bertz CT molecular complexity index is 999. The van der Waals surface area contributed by atoms with Crippen LogP contribution >= 0.6 is 11.3 Å². The van der Waals surface area contributed by atoms with Crippen LogP contribution in [0.25, 0.3) is 6.08 Å². The Morgan fingerprint density at radius 3 is 2.93 bits per heavy atom. The van der Waals surface area contributed by atoms with E-state index in [0.29, 0.717) is 42.9 Å². The molecular formula is C21H21N3O5S. The quantitative estimate of drug-likeness (QED) is 0.735. The highest BCUT2D eigenvalue weighted by Gasteiger charge is 2.34. The van der Waals surface area contributed by atoms with Gasteiger partial charge in [-0.3, -0.25) is 4.79 Å². The number of ether oxygens (including phenoxy) is 2. The summed E-state index contributed by atoms with van der Waals surface area (Å²) in [5.74, 6) is -0.320. The first-order valence-electron chi connectivity index (χ1n) is 9.61. The van der Waals surface area contributed by atoms with Gasteiger partial charge < -0.3 is 24.1 Å². The zero-order chi connectivity index (χ0) is 21.1. The minimum atomic E-state index is -0.327. The number of furan rings is 1. The minimum Gasteiger partial charge on any atom is -0.472 e. The average molecular weight is 427 g/mol. The van der Waals surface area contributed by atoms with Crippen LogP contribution in [0, 0.1) is 11.3 Å². The number of likely N-dealkylation sites (tertiary alicyclic amines) is 1. The lowest BCUT2D eigenvalue weighted by atomic mass is 9.94. The largest absolute Gasteiger partial charge is 0.472 e. The normalized spacial score (nSPS) is 18.5. The van der Waals surface area contributed by atoms with Gasteiger partial charge in [-0.2, -0.15) is 5.26 Å². The van der Waals surface area contributed by atoms with Gasteiger partial charge in [-0.05, 0) is 30.5 Å². The standard InChI is InChI=1S/C21H21N3O5S/c1-27-15-10-24(11-15)21(26)29-14-3-4-16-17(9-22)20(30-18(16)8-14)23-19(25)5-2-13-6-7-28-12-13/h2,5-7,12,14-15H,3-4,8,10-11H2,1H3,(H,23,25)/b5-2+. The molecule has 9 heteroatoms. The summed E-state index contributed by atoms with van der Waals surface area (Å²) in [6.45, 7) is 1.10. The van der Waals surface area contributed by atoms with Crippen molar-refractivity contribution in [2.75, 3.05) is 25.5 Å². The van der Waals surface area contributed by atoms with Crippen LogP contribution in [0.1, 0.15) is 28.0 Å². The molecule has 0 aromatic carbocycles. The molecule has 2 aliphatic rings. The number of fused-ring (bicyclic) bond motifs is 1. The Hall–Kier alpha value is -3.09. The fourth-order valence-electron chi connectivity index (χ4n) is 3.51. The number of thiophene rings is 1. The molecule has 30 heavy (non-hydrogen) atoms. The number of nitriles is 1. The van der Waals surface area contributed by atoms with E-state index in [1.54, 1.807) is 24.2 Å². The third-order valence-corrected chi connectivity index (χ3v) is 6.42. The third-order valence-electron chi connectivity index (χ3n) is 5.25. The second-order valence-corrected chi connectivity index (χ2v) is 8.32. The summed E-state index contributed by atoms with van der Waals surface area (Å²) in [7, 11) is 1.63. The number of nitrogens with one attached hydrogen (secondary N) is 1. The van der Waals surface area contributed by atoms with Crippen LogP contribution in [-0.2, 0) is 27.1 Å². The van der Waals surface area contributed by atoms with Crippen LogP contribution in [0.15, 0.2) is 29.1 Å². The zero-order valence-corrected chi connectivity index (χ0v) is 17.2. The monoisotopic (exact) mass is 427 g/mol. The fourth-order valence-corrected chi connectivity index (χ4v) is 4.78. The minimum absolute atomic E-state index is 0.0831. The Morgan fingerprint density at radius 1 is 1.40 bits per heavy atom. The highest BCUT2D eigenvalue weighted by Crippen LogP contribution is 2.38. The molecule has 2 aromatic heterocycles. The van der Waals surface area contributed by atoms with Gasteiger partial charge in [0, 0.05) is 30.0 Å². The number of rotatable bonds is 5. The van der Waals surface area contributed by atoms with Crippen LogP contribution in [0.3, 0.4) is 0 Å². The van der Waals surface area contributed by atoms with Gasteiger partial charge in [0.05, 0.1) is 37.3 Å². The lowest BCUT2D eigenvalue weighted by molar-refractivity contribution is -0.111. The van der Waals surface area contributed by atoms with Gasteiger partial charge in [0.15, 0.2) is 0 Å². The topological polar surface area (TPSA) is 105 Å². The van der Waals surface area contributed by atoms with Crippen molar-refractivity contribution in [1.82, 2.24) is 4.90 Å². The summed E-state index contributed by atoms with van der Waals surface area (Å²) in [4.78, 5) is 27.1. The van der Waals surface area contributed by atoms with E-state index in [4.69, 9.17) is 13.9 Å². The molecule has 0 bridgehead atoms. The van der Waals surface area contributed by atoms with Crippen molar-refractivity contribution < 1.29 is 23.5 Å². The molecule has 2 aromatic rings. The van der Waals surface area contributed by atoms with E-state index >= 15 is 0 Å². The summed E-state index contributed by atoms with van der Waals surface area (Å²) in [5, 5.41) is 12.9. The fraction of sp³-hybridized carbons (Fsp3) is 0.381. The van der Waals surface area contributed by atoms with Crippen LogP contribution in [0.5, 0.6) is 0 Å². The molecule has 2 amide bonds. The Balaban J connectivity index is 1.39. The van der Waals surface area contributed by atoms with Crippen LogP contribution in [-0.4, -0.2) is 49.3 Å². The molecule has 1 aliphatic carbocycles. The van der Waals surface area contributed by atoms with Crippen molar-refractivity contribution in [1.29, 1.82) is 5.26 Å². The molecule has 1 unspecified atom stereocenters. The summed E-state index contributed by atoms with van der Waals surface area (Å²) in [6.07, 6.45) is 7.45. The van der Waals surface area contributed by atoms with E-state index in [2.05, 4.69) is 11.4 Å². The van der Waals surface area contributed by atoms with Crippen molar-refractivity contribution in [2.45, 2.75) is 31.5 Å². The van der Waals surface area contributed by atoms with Crippen molar-refractivity contribution in [2.24, 2.45) is 0 Å². The summed E-state index contributed by atoms with van der Waals surface area (Å²) in [5.41, 5.74) is 2.21. The molecule has 1 N–H and O–H groups in total. The Kier molecular flexibility index (Phi) is 5.88. The number of hydrogen-bond donors (Lipinski definition) is 1. The van der Waals surface area contributed by atoms with E-state index < -0.39 is 0 Å². The molecule has 1 atom stereocenters. The van der Waals surface area contributed by atoms with Gasteiger partial charge in [0.25, 0.3) is 0 Å². The predicted octanol–water partition coefficient (Wildman–Crippen LogP) is 3.19.